The number of hydrogen-bond acceptors (Lipinski definition) is 5. The zero-order chi connectivity index (χ0) is 14.0. The van der Waals surface area contributed by atoms with Crippen LogP contribution in [0.3, 0.4) is 0 Å². The Bertz CT molecular complexity index is 529. The van der Waals surface area contributed by atoms with E-state index in [0.717, 1.165) is 18.2 Å². The zero-order valence-corrected chi connectivity index (χ0v) is 10.5. The lowest BCUT2D eigenvalue weighted by Crippen LogP contribution is -2.51. The summed E-state index contributed by atoms with van der Waals surface area (Å²) >= 11 is 0. The number of anilines is 1. The molecule has 6 nitrogen and oxygen atoms in total. The Morgan fingerprint density at radius 3 is 2.44 bits per heavy atom. The molecule has 102 valence electrons. The highest BCUT2D eigenvalue weighted by Crippen LogP contribution is 2.20. The summed E-state index contributed by atoms with van der Waals surface area (Å²) < 4.78 is 39.0. The molecule has 0 bridgehead atoms. The van der Waals surface area contributed by atoms with Gasteiger partial charge in [-0.2, -0.15) is 0 Å². The normalized spacial score (nSPS) is 12.7. The molecule has 0 spiro atoms. The van der Waals surface area contributed by atoms with Gasteiger partial charge in [-0.1, -0.05) is 0 Å². The van der Waals surface area contributed by atoms with E-state index in [4.69, 9.17) is 15.9 Å². The molecule has 0 fully saturated rings. The Hall–Kier alpha value is -1.22. The lowest BCUT2D eigenvalue weighted by atomic mass is 10.1. The predicted molar refractivity (Wildman–Crippen MR) is 63.7 cm³/mol. The molecule has 8 heteroatoms. The highest BCUT2D eigenvalue weighted by molar-refractivity contribution is 7.89. The van der Waals surface area contributed by atoms with Crippen molar-refractivity contribution in [3.63, 3.8) is 0 Å². The number of sulfonamides is 1. The van der Waals surface area contributed by atoms with Crippen molar-refractivity contribution < 1.29 is 23.0 Å². The molecule has 1 aromatic rings. The quantitative estimate of drug-likeness (QED) is 0.539. The van der Waals surface area contributed by atoms with Crippen molar-refractivity contribution in [3.8, 4) is 0 Å². The molecule has 1 aromatic carbocycles. The number of nitrogens with one attached hydrogen (secondary N) is 1. The Balaban J connectivity index is 3.18. The third kappa shape index (κ3) is 3.16. The van der Waals surface area contributed by atoms with Crippen LogP contribution in [0.1, 0.15) is 6.92 Å². The number of aliphatic hydroxyl groups is 2. The van der Waals surface area contributed by atoms with Crippen LogP contribution in [-0.2, 0) is 10.0 Å². The SMILES string of the molecule is CC(CO)(CO)NS(=O)(=O)c1cc(F)ccc1N. The van der Waals surface area contributed by atoms with Crippen molar-refractivity contribution in [2.24, 2.45) is 0 Å². The summed E-state index contributed by atoms with van der Waals surface area (Å²) in [5.41, 5.74) is 3.90. The van der Waals surface area contributed by atoms with E-state index in [1.165, 1.54) is 6.92 Å². The molecule has 0 heterocycles. The summed E-state index contributed by atoms with van der Waals surface area (Å²) in [6.07, 6.45) is 0. The summed E-state index contributed by atoms with van der Waals surface area (Å²) in [6.45, 7) is 0.0793. The van der Waals surface area contributed by atoms with Crippen LogP contribution in [-0.4, -0.2) is 37.4 Å². The van der Waals surface area contributed by atoms with Gasteiger partial charge in [0.05, 0.1) is 24.4 Å². The van der Waals surface area contributed by atoms with Crippen LogP contribution < -0.4 is 10.5 Å². The maximum atomic E-state index is 13.0. The first-order valence-corrected chi connectivity index (χ1v) is 6.53. The first kappa shape index (κ1) is 14.8. The molecule has 0 atom stereocenters. The standard InChI is InChI=1S/C10H15FN2O4S/c1-10(5-14,6-15)13-18(16,17)9-4-7(11)2-3-8(9)12/h2-4,13-15H,5-6,12H2,1H3. The first-order chi connectivity index (χ1) is 8.24. The van der Waals surface area contributed by atoms with Crippen LogP contribution in [0.4, 0.5) is 10.1 Å². The average molecular weight is 278 g/mol. The summed E-state index contributed by atoms with van der Waals surface area (Å²) in [7, 11) is -4.13. The molecule has 0 unspecified atom stereocenters. The average Bonchev–Trinajstić information content (AvgIpc) is 2.31. The maximum Gasteiger partial charge on any atom is 0.243 e. The van der Waals surface area contributed by atoms with Gasteiger partial charge in [0.15, 0.2) is 0 Å². The maximum absolute atomic E-state index is 13.0. The van der Waals surface area contributed by atoms with E-state index in [2.05, 4.69) is 4.72 Å². The predicted octanol–water partition coefficient (Wildman–Crippen LogP) is -0.571. The molecule has 0 aliphatic heterocycles. The molecule has 0 amide bonds. The van der Waals surface area contributed by atoms with Crippen LogP contribution >= 0.6 is 0 Å². The lowest BCUT2D eigenvalue weighted by Gasteiger charge is -2.26. The van der Waals surface area contributed by atoms with E-state index in [-0.39, 0.29) is 5.69 Å². The second-order valence-corrected chi connectivity index (χ2v) is 5.82. The number of rotatable bonds is 5. The minimum atomic E-state index is -4.13. The van der Waals surface area contributed by atoms with Crippen LogP contribution in [0.15, 0.2) is 23.1 Å². The molecule has 5 N–H and O–H groups in total. The molecule has 0 saturated heterocycles. The lowest BCUT2D eigenvalue weighted by molar-refractivity contribution is 0.122. The van der Waals surface area contributed by atoms with Gasteiger partial charge < -0.3 is 15.9 Å². The highest BCUT2D eigenvalue weighted by Gasteiger charge is 2.30. The van der Waals surface area contributed by atoms with E-state index in [9.17, 15) is 12.8 Å². The van der Waals surface area contributed by atoms with E-state index in [1.807, 2.05) is 0 Å². The second-order valence-electron chi connectivity index (χ2n) is 4.16. The number of benzene rings is 1. The number of hydrogen-bond donors (Lipinski definition) is 4. The van der Waals surface area contributed by atoms with Crippen molar-refractivity contribution in [1.29, 1.82) is 0 Å². The summed E-state index contributed by atoms with van der Waals surface area (Å²) in [5, 5.41) is 18.1. The van der Waals surface area contributed by atoms with E-state index < -0.39 is 39.5 Å². The van der Waals surface area contributed by atoms with Crippen LogP contribution in [0.25, 0.3) is 0 Å². The third-order valence-electron chi connectivity index (χ3n) is 2.34. The molecule has 0 aromatic heterocycles. The fraction of sp³-hybridized carbons (Fsp3) is 0.400. The van der Waals surface area contributed by atoms with Gasteiger partial charge in [-0.25, -0.2) is 17.5 Å². The Labute approximate surface area is 104 Å². The molecule has 0 saturated carbocycles. The summed E-state index contributed by atoms with van der Waals surface area (Å²) in [5.74, 6) is -0.751. The van der Waals surface area contributed by atoms with Crippen molar-refractivity contribution in [3.05, 3.63) is 24.0 Å². The van der Waals surface area contributed by atoms with Crippen molar-refractivity contribution in [1.82, 2.24) is 4.72 Å². The van der Waals surface area contributed by atoms with Crippen LogP contribution in [0, 0.1) is 5.82 Å². The van der Waals surface area contributed by atoms with Gasteiger partial charge >= 0.3 is 0 Å². The van der Waals surface area contributed by atoms with Gasteiger partial charge in [0.1, 0.15) is 10.7 Å². The van der Waals surface area contributed by atoms with Gasteiger partial charge in [0.25, 0.3) is 0 Å². The zero-order valence-electron chi connectivity index (χ0n) is 9.72. The first-order valence-electron chi connectivity index (χ1n) is 5.05. The Morgan fingerprint density at radius 2 is 1.94 bits per heavy atom. The van der Waals surface area contributed by atoms with Crippen molar-refractivity contribution >= 4 is 15.7 Å². The molecule has 18 heavy (non-hydrogen) atoms. The summed E-state index contributed by atoms with van der Waals surface area (Å²) in [4.78, 5) is -0.435. The highest BCUT2D eigenvalue weighted by atomic mass is 32.2. The molecular weight excluding hydrogens is 263 g/mol. The minimum Gasteiger partial charge on any atom is -0.398 e. The second kappa shape index (κ2) is 5.19. The van der Waals surface area contributed by atoms with Gasteiger partial charge in [-0.05, 0) is 25.1 Å². The largest absolute Gasteiger partial charge is 0.398 e. The smallest absolute Gasteiger partial charge is 0.243 e. The third-order valence-corrected chi connectivity index (χ3v) is 4.04. The number of halogens is 1. The van der Waals surface area contributed by atoms with Gasteiger partial charge in [0.2, 0.25) is 10.0 Å². The molecule has 1 rings (SSSR count). The minimum absolute atomic E-state index is 0.123. The monoisotopic (exact) mass is 278 g/mol. The molecule has 0 radical (unpaired) electrons. The number of nitrogens with two attached hydrogens (primary N) is 1. The fourth-order valence-corrected chi connectivity index (χ4v) is 2.77. The molecular formula is C10H15FN2O4S. The summed E-state index contributed by atoms with van der Waals surface area (Å²) in [6, 6.07) is 2.93. The van der Waals surface area contributed by atoms with Crippen molar-refractivity contribution in [2.45, 2.75) is 17.4 Å². The number of nitrogen functional groups attached to an aromatic ring is 1. The van der Waals surface area contributed by atoms with Gasteiger partial charge in [-0.15, -0.1) is 0 Å². The topological polar surface area (TPSA) is 113 Å². The van der Waals surface area contributed by atoms with Crippen molar-refractivity contribution in [2.75, 3.05) is 18.9 Å². The fourth-order valence-electron chi connectivity index (χ4n) is 1.23. The molecule has 0 aliphatic carbocycles. The van der Waals surface area contributed by atoms with Crippen LogP contribution in [0.2, 0.25) is 0 Å². The molecule has 0 aliphatic rings. The van der Waals surface area contributed by atoms with Crippen LogP contribution in [0.5, 0.6) is 0 Å². The van der Waals surface area contributed by atoms with E-state index in [0.29, 0.717) is 0 Å². The number of aliphatic hydroxyl groups excluding tert-OH is 2. The van der Waals surface area contributed by atoms with E-state index in [1.54, 1.807) is 0 Å². The Kier molecular flexibility index (Phi) is 4.28. The van der Waals surface area contributed by atoms with Gasteiger partial charge in [0, 0.05) is 0 Å². The van der Waals surface area contributed by atoms with E-state index >= 15 is 0 Å². The Morgan fingerprint density at radius 1 is 1.39 bits per heavy atom. The van der Waals surface area contributed by atoms with Gasteiger partial charge in [-0.3, -0.25) is 0 Å².